The van der Waals surface area contributed by atoms with Gasteiger partial charge >= 0.3 is 6.18 Å². The van der Waals surface area contributed by atoms with Crippen LogP contribution in [0.25, 0.3) is 0 Å². The summed E-state index contributed by atoms with van der Waals surface area (Å²) in [5.41, 5.74) is -0.756. The Labute approximate surface area is 134 Å². The van der Waals surface area contributed by atoms with Crippen LogP contribution in [0.2, 0.25) is 5.02 Å². The van der Waals surface area contributed by atoms with E-state index in [2.05, 4.69) is 5.32 Å². The zero-order valence-electron chi connectivity index (χ0n) is 11.9. The molecule has 2 aromatic rings. The standard InChI is InChI=1S/C15H13ClF3NO3/c1-8-4-5-23-13(8)14(22)20-12(7-21)10-3-2-9(16)6-11(10)15(17,18)19/h2-6,12,21H,7H2,1H3,(H,20,22). The molecule has 0 saturated carbocycles. The van der Waals surface area contributed by atoms with Crippen molar-refractivity contribution in [2.75, 3.05) is 6.61 Å². The van der Waals surface area contributed by atoms with E-state index in [9.17, 15) is 23.1 Å². The number of amides is 1. The van der Waals surface area contributed by atoms with Crippen molar-refractivity contribution in [3.63, 3.8) is 0 Å². The van der Waals surface area contributed by atoms with Crippen molar-refractivity contribution < 1.29 is 27.5 Å². The number of aliphatic hydroxyl groups excluding tert-OH is 1. The number of aliphatic hydroxyl groups is 1. The van der Waals surface area contributed by atoms with Crippen LogP contribution in [0.4, 0.5) is 13.2 Å². The van der Waals surface area contributed by atoms with E-state index in [1.165, 1.54) is 12.3 Å². The fourth-order valence-electron chi connectivity index (χ4n) is 2.13. The summed E-state index contributed by atoms with van der Waals surface area (Å²) in [5, 5.41) is 11.6. The molecular formula is C15H13ClF3NO3. The second-order valence-electron chi connectivity index (χ2n) is 4.87. The first-order valence-corrected chi connectivity index (χ1v) is 6.94. The van der Waals surface area contributed by atoms with Crippen LogP contribution in [0, 0.1) is 6.92 Å². The highest BCUT2D eigenvalue weighted by Gasteiger charge is 2.36. The molecule has 124 valence electrons. The molecule has 8 heteroatoms. The minimum Gasteiger partial charge on any atom is -0.459 e. The summed E-state index contributed by atoms with van der Waals surface area (Å²) in [6.45, 7) is 0.909. The number of furan rings is 1. The van der Waals surface area contributed by atoms with Crippen LogP contribution in [-0.2, 0) is 6.18 Å². The fraction of sp³-hybridized carbons (Fsp3) is 0.267. The van der Waals surface area contributed by atoms with Crippen molar-refractivity contribution >= 4 is 17.5 Å². The van der Waals surface area contributed by atoms with Gasteiger partial charge in [-0.1, -0.05) is 17.7 Å². The molecule has 4 nitrogen and oxygen atoms in total. The molecule has 0 aliphatic carbocycles. The minimum absolute atomic E-state index is 0.0222. The summed E-state index contributed by atoms with van der Waals surface area (Å²) in [7, 11) is 0. The Morgan fingerprint density at radius 1 is 1.39 bits per heavy atom. The largest absolute Gasteiger partial charge is 0.459 e. The van der Waals surface area contributed by atoms with Gasteiger partial charge in [0.1, 0.15) is 0 Å². The van der Waals surface area contributed by atoms with E-state index in [1.54, 1.807) is 13.0 Å². The summed E-state index contributed by atoms with van der Waals surface area (Å²) in [4.78, 5) is 12.1. The quantitative estimate of drug-likeness (QED) is 0.886. The lowest BCUT2D eigenvalue weighted by Crippen LogP contribution is -2.32. The molecule has 2 rings (SSSR count). The van der Waals surface area contributed by atoms with Crippen LogP contribution in [-0.4, -0.2) is 17.6 Å². The Balaban J connectivity index is 2.35. The fourth-order valence-corrected chi connectivity index (χ4v) is 2.30. The predicted molar refractivity (Wildman–Crippen MR) is 77.2 cm³/mol. The first kappa shape index (κ1) is 17.4. The summed E-state index contributed by atoms with van der Waals surface area (Å²) in [5.74, 6) is -0.736. The number of hydrogen-bond acceptors (Lipinski definition) is 3. The Kier molecular flexibility index (Phi) is 5.01. The molecule has 0 fully saturated rings. The lowest BCUT2D eigenvalue weighted by atomic mass is 10.00. The number of hydrogen-bond donors (Lipinski definition) is 2. The van der Waals surface area contributed by atoms with Crippen LogP contribution in [0.3, 0.4) is 0 Å². The number of alkyl halides is 3. The lowest BCUT2D eigenvalue weighted by molar-refractivity contribution is -0.138. The van der Waals surface area contributed by atoms with Gasteiger partial charge in [0.05, 0.1) is 24.5 Å². The summed E-state index contributed by atoms with van der Waals surface area (Å²) >= 11 is 5.61. The van der Waals surface area contributed by atoms with Gasteiger partial charge < -0.3 is 14.8 Å². The number of rotatable bonds is 4. The molecule has 0 aliphatic heterocycles. The maximum absolute atomic E-state index is 13.1. The van der Waals surface area contributed by atoms with Gasteiger partial charge in [-0.05, 0) is 30.7 Å². The summed E-state index contributed by atoms with van der Waals surface area (Å²) in [6.07, 6.45) is -3.37. The smallest absolute Gasteiger partial charge is 0.416 e. The molecule has 2 N–H and O–H groups in total. The monoisotopic (exact) mass is 347 g/mol. The van der Waals surface area contributed by atoms with E-state index in [0.29, 0.717) is 5.56 Å². The third-order valence-corrected chi connectivity index (χ3v) is 3.49. The predicted octanol–water partition coefficient (Wildman–Crippen LogP) is 3.72. The lowest BCUT2D eigenvalue weighted by Gasteiger charge is -2.21. The number of halogens is 4. The highest BCUT2D eigenvalue weighted by molar-refractivity contribution is 6.30. The summed E-state index contributed by atoms with van der Waals surface area (Å²) in [6, 6.07) is 3.44. The van der Waals surface area contributed by atoms with E-state index in [0.717, 1.165) is 12.1 Å². The van der Waals surface area contributed by atoms with Crippen molar-refractivity contribution in [3.05, 3.63) is 58.0 Å². The van der Waals surface area contributed by atoms with Gasteiger partial charge in [-0.3, -0.25) is 4.79 Å². The Morgan fingerprint density at radius 2 is 2.09 bits per heavy atom. The summed E-state index contributed by atoms with van der Waals surface area (Å²) < 4.78 is 44.4. The van der Waals surface area contributed by atoms with Crippen LogP contribution in [0.5, 0.6) is 0 Å². The normalized spacial score (nSPS) is 13.0. The number of benzene rings is 1. The van der Waals surface area contributed by atoms with Gasteiger partial charge in [-0.25, -0.2) is 0 Å². The number of nitrogens with one attached hydrogen (secondary N) is 1. The highest BCUT2D eigenvalue weighted by atomic mass is 35.5. The molecule has 1 unspecified atom stereocenters. The molecule has 1 aromatic carbocycles. The molecule has 0 saturated heterocycles. The maximum atomic E-state index is 13.1. The molecule has 0 spiro atoms. The molecule has 1 aromatic heterocycles. The van der Waals surface area contributed by atoms with E-state index in [4.69, 9.17) is 16.0 Å². The van der Waals surface area contributed by atoms with E-state index in [1.807, 2.05) is 0 Å². The third-order valence-electron chi connectivity index (χ3n) is 3.25. The van der Waals surface area contributed by atoms with Gasteiger partial charge in [-0.15, -0.1) is 0 Å². The number of carbonyl (C=O) groups is 1. The Morgan fingerprint density at radius 3 is 2.61 bits per heavy atom. The van der Waals surface area contributed by atoms with Crippen LogP contribution >= 0.6 is 11.6 Å². The van der Waals surface area contributed by atoms with Gasteiger partial charge in [-0.2, -0.15) is 13.2 Å². The molecule has 23 heavy (non-hydrogen) atoms. The second-order valence-corrected chi connectivity index (χ2v) is 5.31. The average molecular weight is 348 g/mol. The molecule has 1 atom stereocenters. The van der Waals surface area contributed by atoms with Crippen LogP contribution in [0.1, 0.15) is 33.3 Å². The van der Waals surface area contributed by atoms with Crippen molar-refractivity contribution in [3.8, 4) is 0 Å². The molecule has 0 bridgehead atoms. The van der Waals surface area contributed by atoms with Crippen molar-refractivity contribution in [1.29, 1.82) is 0 Å². The molecule has 0 radical (unpaired) electrons. The van der Waals surface area contributed by atoms with Gasteiger partial charge in [0.25, 0.3) is 5.91 Å². The highest BCUT2D eigenvalue weighted by Crippen LogP contribution is 2.36. The zero-order chi connectivity index (χ0) is 17.2. The molecule has 1 heterocycles. The number of aryl methyl sites for hydroxylation is 1. The Bertz CT molecular complexity index is 712. The van der Waals surface area contributed by atoms with Crippen molar-refractivity contribution in [2.24, 2.45) is 0 Å². The van der Waals surface area contributed by atoms with E-state index < -0.39 is 30.3 Å². The van der Waals surface area contributed by atoms with Gasteiger partial charge in [0.15, 0.2) is 5.76 Å². The van der Waals surface area contributed by atoms with Crippen LogP contribution < -0.4 is 5.32 Å². The first-order chi connectivity index (χ1) is 10.7. The molecular weight excluding hydrogens is 335 g/mol. The minimum atomic E-state index is -4.67. The maximum Gasteiger partial charge on any atom is 0.416 e. The van der Waals surface area contributed by atoms with Crippen LogP contribution in [0.15, 0.2) is 34.9 Å². The van der Waals surface area contributed by atoms with Crippen molar-refractivity contribution in [1.82, 2.24) is 5.32 Å². The molecule has 1 amide bonds. The van der Waals surface area contributed by atoms with Gasteiger partial charge in [0, 0.05) is 10.6 Å². The SMILES string of the molecule is Cc1ccoc1C(=O)NC(CO)c1ccc(Cl)cc1C(F)(F)F. The van der Waals surface area contributed by atoms with Crippen molar-refractivity contribution in [2.45, 2.75) is 19.1 Å². The topological polar surface area (TPSA) is 62.5 Å². The molecule has 0 aliphatic rings. The second kappa shape index (κ2) is 6.64. The first-order valence-electron chi connectivity index (χ1n) is 6.56. The van der Waals surface area contributed by atoms with E-state index in [-0.39, 0.29) is 16.3 Å². The number of carbonyl (C=O) groups excluding carboxylic acids is 1. The average Bonchev–Trinajstić information content (AvgIpc) is 2.90. The zero-order valence-corrected chi connectivity index (χ0v) is 12.7. The Hall–Kier alpha value is -1.99. The van der Waals surface area contributed by atoms with Gasteiger partial charge in [0.2, 0.25) is 0 Å². The van der Waals surface area contributed by atoms with E-state index >= 15 is 0 Å². The third kappa shape index (κ3) is 3.86.